The average molecular weight is 377 g/mol. The molecule has 134 valence electrons. The number of rotatable bonds is 3. The lowest BCUT2D eigenvalue weighted by atomic mass is 10.1. The summed E-state index contributed by atoms with van der Waals surface area (Å²) in [6.07, 6.45) is 0.0441. The summed E-state index contributed by atoms with van der Waals surface area (Å²) in [4.78, 5) is 26.3. The van der Waals surface area contributed by atoms with Crippen molar-refractivity contribution in [2.45, 2.75) is 6.42 Å². The van der Waals surface area contributed by atoms with Crippen LogP contribution < -0.4 is 19.7 Å². The topological polar surface area (TPSA) is 67.9 Å². The van der Waals surface area contributed by atoms with Gasteiger partial charge in [0.1, 0.15) is 0 Å². The minimum Gasteiger partial charge on any atom is -0.454 e. The van der Waals surface area contributed by atoms with Crippen molar-refractivity contribution in [3.05, 3.63) is 47.2 Å². The number of hydrogen-bond donors (Lipinski definition) is 1. The summed E-state index contributed by atoms with van der Waals surface area (Å²) in [5, 5.41) is 2.43. The van der Waals surface area contributed by atoms with Crippen molar-refractivity contribution in [3.63, 3.8) is 0 Å². The Labute approximate surface area is 153 Å². The summed E-state index contributed by atoms with van der Waals surface area (Å²) in [7, 11) is 0. The third-order valence-electron chi connectivity index (χ3n) is 4.37. The molecule has 1 unspecified atom stereocenters. The molecule has 2 aromatic rings. The molecule has 2 aliphatic heterocycles. The largest absolute Gasteiger partial charge is 0.454 e. The van der Waals surface area contributed by atoms with Crippen LogP contribution in [0.5, 0.6) is 11.5 Å². The predicted octanol–water partition coefficient (Wildman–Crippen LogP) is 3.20. The number of amides is 2. The van der Waals surface area contributed by atoms with Gasteiger partial charge in [0.15, 0.2) is 17.3 Å². The summed E-state index contributed by atoms with van der Waals surface area (Å²) in [6, 6.07) is 9.53. The van der Waals surface area contributed by atoms with Crippen LogP contribution in [-0.4, -0.2) is 25.2 Å². The quantitative estimate of drug-likeness (QED) is 0.893. The second kappa shape index (κ2) is 6.49. The number of carbonyl (C=O) groups is 2. The Morgan fingerprint density at radius 2 is 2.04 bits per heavy atom. The second-order valence-electron chi connectivity index (χ2n) is 6.03. The standard InChI is InChI=1S/C18H14ClFN2O4/c19-12-2-1-3-13(17(12)20)21-18(24)10-6-16(23)22(8-10)11-4-5-14-15(7-11)26-9-25-14/h1-5,7,10H,6,8-9H2,(H,21,24). The zero-order valence-electron chi connectivity index (χ0n) is 13.5. The minimum absolute atomic E-state index is 0.00326. The van der Waals surface area contributed by atoms with Gasteiger partial charge in [-0.2, -0.15) is 0 Å². The number of carbonyl (C=O) groups excluding carboxylic acids is 2. The van der Waals surface area contributed by atoms with E-state index >= 15 is 0 Å². The van der Waals surface area contributed by atoms with E-state index in [0.717, 1.165) is 0 Å². The van der Waals surface area contributed by atoms with Gasteiger partial charge in [0.2, 0.25) is 18.6 Å². The summed E-state index contributed by atoms with van der Waals surface area (Å²) in [5.74, 6) is -0.723. The summed E-state index contributed by atoms with van der Waals surface area (Å²) < 4.78 is 24.5. The maximum absolute atomic E-state index is 13.9. The third-order valence-corrected chi connectivity index (χ3v) is 4.67. The normalized spacial score (nSPS) is 18.3. The molecule has 0 aliphatic carbocycles. The summed E-state index contributed by atoms with van der Waals surface area (Å²) in [5.41, 5.74) is 0.625. The minimum atomic E-state index is -0.695. The van der Waals surface area contributed by atoms with E-state index < -0.39 is 17.6 Å². The molecule has 2 aliphatic rings. The van der Waals surface area contributed by atoms with Gasteiger partial charge in [-0.3, -0.25) is 9.59 Å². The lowest BCUT2D eigenvalue weighted by molar-refractivity contribution is -0.122. The maximum atomic E-state index is 13.9. The highest BCUT2D eigenvalue weighted by atomic mass is 35.5. The van der Waals surface area contributed by atoms with Crippen molar-refractivity contribution in [2.75, 3.05) is 23.6 Å². The van der Waals surface area contributed by atoms with Crippen LogP contribution in [0.25, 0.3) is 0 Å². The smallest absolute Gasteiger partial charge is 0.231 e. The molecular weight excluding hydrogens is 363 g/mol. The first-order valence-electron chi connectivity index (χ1n) is 7.98. The molecule has 4 rings (SSSR count). The predicted molar refractivity (Wildman–Crippen MR) is 93.1 cm³/mol. The van der Waals surface area contributed by atoms with Crippen molar-refractivity contribution in [1.29, 1.82) is 0 Å². The molecule has 2 heterocycles. The molecule has 0 bridgehead atoms. The van der Waals surface area contributed by atoms with Gasteiger partial charge in [0, 0.05) is 24.7 Å². The molecule has 6 nitrogen and oxygen atoms in total. The Morgan fingerprint density at radius 1 is 1.23 bits per heavy atom. The second-order valence-corrected chi connectivity index (χ2v) is 6.44. The van der Waals surface area contributed by atoms with Crippen molar-refractivity contribution in [3.8, 4) is 11.5 Å². The molecule has 0 aromatic heterocycles. The van der Waals surface area contributed by atoms with E-state index in [2.05, 4.69) is 5.32 Å². The number of hydrogen-bond acceptors (Lipinski definition) is 4. The lowest BCUT2D eigenvalue weighted by Gasteiger charge is -2.17. The number of anilines is 2. The molecular formula is C18H14ClFN2O4. The highest BCUT2D eigenvalue weighted by molar-refractivity contribution is 6.31. The van der Waals surface area contributed by atoms with Crippen LogP contribution in [0.4, 0.5) is 15.8 Å². The van der Waals surface area contributed by atoms with E-state index in [1.165, 1.54) is 17.0 Å². The number of nitrogens with zero attached hydrogens (tertiary/aromatic N) is 1. The molecule has 1 atom stereocenters. The van der Waals surface area contributed by atoms with Gasteiger partial charge in [-0.15, -0.1) is 0 Å². The fourth-order valence-electron chi connectivity index (χ4n) is 3.02. The number of nitrogens with one attached hydrogen (secondary N) is 1. The van der Waals surface area contributed by atoms with Crippen LogP contribution in [0.2, 0.25) is 5.02 Å². The number of fused-ring (bicyclic) bond motifs is 1. The molecule has 1 fully saturated rings. The van der Waals surface area contributed by atoms with Crippen LogP contribution in [0, 0.1) is 11.7 Å². The van der Waals surface area contributed by atoms with Gasteiger partial charge in [-0.1, -0.05) is 17.7 Å². The molecule has 2 amide bonds. The molecule has 0 radical (unpaired) electrons. The highest BCUT2D eigenvalue weighted by Gasteiger charge is 2.36. The highest BCUT2D eigenvalue weighted by Crippen LogP contribution is 2.37. The molecule has 1 N–H and O–H groups in total. The van der Waals surface area contributed by atoms with Crippen LogP contribution in [0.15, 0.2) is 36.4 Å². The fourth-order valence-corrected chi connectivity index (χ4v) is 3.20. The first-order chi connectivity index (χ1) is 12.5. The van der Waals surface area contributed by atoms with Gasteiger partial charge in [-0.25, -0.2) is 4.39 Å². The molecule has 26 heavy (non-hydrogen) atoms. The van der Waals surface area contributed by atoms with Crippen molar-refractivity contribution >= 4 is 34.8 Å². The van der Waals surface area contributed by atoms with E-state index in [1.54, 1.807) is 24.3 Å². The van der Waals surface area contributed by atoms with Gasteiger partial charge < -0.3 is 19.7 Å². The van der Waals surface area contributed by atoms with Gasteiger partial charge in [0.25, 0.3) is 0 Å². The fraction of sp³-hybridized carbons (Fsp3) is 0.222. The SMILES string of the molecule is O=C(Nc1cccc(Cl)c1F)C1CC(=O)N(c2ccc3c(c2)OCO3)C1. The number of benzene rings is 2. The lowest BCUT2D eigenvalue weighted by Crippen LogP contribution is -2.28. The van der Waals surface area contributed by atoms with Crippen LogP contribution in [-0.2, 0) is 9.59 Å². The van der Waals surface area contributed by atoms with E-state index in [-0.39, 0.29) is 36.4 Å². The van der Waals surface area contributed by atoms with Crippen LogP contribution in [0.3, 0.4) is 0 Å². The van der Waals surface area contributed by atoms with Gasteiger partial charge >= 0.3 is 0 Å². The molecule has 0 spiro atoms. The Hall–Kier alpha value is -2.80. The van der Waals surface area contributed by atoms with Crippen molar-refractivity contribution in [2.24, 2.45) is 5.92 Å². The molecule has 0 saturated carbocycles. The summed E-state index contributed by atoms with van der Waals surface area (Å²) >= 11 is 5.72. The molecule has 2 aromatic carbocycles. The number of halogens is 2. The Morgan fingerprint density at radius 3 is 2.88 bits per heavy atom. The first kappa shape index (κ1) is 16.7. The Bertz CT molecular complexity index is 905. The van der Waals surface area contributed by atoms with Crippen LogP contribution in [0.1, 0.15) is 6.42 Å². The van der Waals surface area contributed by atoms with E-state index in [9.17, 15) is 14.0 Å². The zero-order valence-corrected chi connectivity index (χ0v) is 14.3. The molecule has 8 heteroatoms. The van der Waals surface area contributed by atoms with Crippen molar-refractivity contribution in [1.82, 2.24) is 0 Å². The average Bonchev–Trinajstić information content (AvgIpc) is 3.24. The monoisotopic (exact) mass is 376 g/mol. The number of ether oxygens (including phenoxy) is 2. The van der Waals surface area contributed by atoms with Gasteiger partial charge in [-0.05, 0) is 24.3 Å². The molecule has 1 saturated heterocycles. The first-order valence-corrected chi connectivity index (χ1v) is 8.35. The Kier molecular flexibility index (Phi) is 4.16. The zero-order chi connectivity index (χ0) is 18.3. The summed E-state index contributed by atoms with van der Waals surface area (Å²) in [6.45, 7) is 0.343. The van der Waals surface area contributed by atoms with E-state index in [4.69, 9.17) is 21.1 Å². The Balaban J connectivity index is 1.49. The van der Waals surface area contributed by atoms with Crippen molar-refractivity contribution < 1.29 is 23.5 Å². The van der Waals surface area contributed by atoms with Gasteiger partial charge in [0.05, 0.1) is 16.6 Å². The van der Waals surface area contributed by atoms with E-state index in [0.29, 0.717) is 17.2 Å². The van der Waals surface area contributed by atoms with Crippen LogP contribution >= 0.6 is 11.6 Å². The maximum Gasteiger partial charge on any atom is 0.231 e. The van der Waals surface area contributed by atoms with E-state index in [1.807, 2.05) is 0 Å². The third kappa shape index (κ3) is 2.94.